The Kier molecular flexibility index (Phi) is 8.71. The van der Waals surface area contributed by atoms with Gasteiger partial charge in [-0.2, -0.15) is 11.3 Å². The van der Waals surface area contributed by atoms with Crippen LogP contribution in [0.15, 0.2) is 41.1 Å². The van der Waals surface area contributed by atoms with Crippen molar-refractivity contribution in [3.8, 4) is 5.75 Å². The minimum atomic E-state index is -0.0821. The summed E-state index contributed by atoms with van der Waals surface area (Å²) in [5.74, 6) is 0.779. The quantitative estimate of drug-likeness (QED) is 0.566. The number of ether oxygens (including phenoxy) is 1. The van der Waals surface area contributed by atoms with Gasteiger partial charge >= 0.3 is 0 Å². The molecule has 1 atom stereocenters. The minimum absolute atomic E-state index is 0.0234. The summed E-state index contributed by atoms with van der Waals surface area (Å²) >= 11 is 1.50. The van der Waals surface area contributed by atoms with E-state index in [-0.39, 0.29) is 17.9 Å². The van der Waals surface area contributed by atoms with Crippen molar-refractivity contribution in [3.05, 3.63) is 52.2 Å². The summed E-state index contributed by atoms with van der Waals surface area (Å²) in [6, 6.07) is 10.1. The second-order valence-electron chi connectivity index (χ2n) is 7.56. The highest BCUT2D eigenvalue weighted by Gasteiger charge is 2.23. The molecule has 1 aliphatic heterocycles. The first-order valence-corrected chi connectivity index (χ1v) is 11.6. The third kappa shape index (κ3) is 6.57. The molecule has 1 unspecified atom stereocenters. The maximum absolute atomic E-state index is 12.4. The van der Waals surface area contributed by atoms with E-state index in [9.17, 15) is 9.59 Å². The molecular weight excluding hydrogens is 398 g/mol. The monoisotopic (exact) mass is 429 g/mol. The largest absolute Gasteiger partial charge is 0.497 e. The molecule has 0 bridgehead atoms. The van der Waals surface area contributed by atoms with Crippen LogP contribution in [0, 0.1) is 0 Å². The molecule has 1 aromatic heterocycles. The van der Waals surface area contributed by atoms with Crippen LogP contribution in [-0.4, -0.2) is 50.0 Å². The average Bonchev–Trinajstić information content (AvgIpc) is 3.33. The van der Waals surface area contributed by atoms with Gasteiger partial charge in [0.2, 0.25) is 5.91 Å². The van der Waals surface area contributed by atoms with Gasteiger partial charge in [0.25, 0.3) is 5.91 Å². The molecule has 7 heteroatoms. The van der Waals surface area contributed by atoms with Crippen LogP contribution < -0.4 is 15.4 Å². The number of rotatable bonds is 10. The Morgan fingerprint density at radius 2 is 1.87 bits per heavy atom. The van der Waals surface area contributed by atoms with Gasteiger partial charge in [-0.25, -0.2) is 0 Å². The molecule has 3 rings (SSSR count). The lowest BCUT2D eigenvalue weighted by atomic mass is 10.0. The standard InChI is InChI=1S/C23H31N3O3S/c1-29-20-9-7-18(8-10-20)21(26-13-3-2-4-14-26)16-25-22(27)6-5-12-24-23(28)19-11-15-30-17-19/h7-11,15,17,21H,2-6,12-14,16H2,1H3,(H,24,28)(H,25,27). The lowest BCUT2D eigenvalue weighted by Gasteiger charge is -2.35. The Balaban J connectivity index is 1.46. The molecule has 2 aromatic rings. The van der Waals surface area contributed by atoms with Gasteiger partial charge in [-0.1, -0.05) is 18.6 Å². The fraction of sp³-hybridized carbons (Fsp3) is 0.478. The fourth-order valence-corrected chi connectivity index (χ4v) is 4.40. The summed E-state index contributed by atoms with van der Waals surface area (Å²) in [7, 11) is 1.67. The number of nitrogens with zero attached hydrogens (tertiary/aromatic N) is 1. The number of nitrogens with one attached hydrogen (secondary N) is 2. The molecule has 1 fully saturated rings. The molecule has 1 aromatic carbocycles. The van der Waals surface area contributed by atoms with Crippen LogP contribution in [0.4, 0.5) is 0 Å². The summed E-state index contributed by atoms with van der Waals surface area (Å²) in [5.41, 5.74) is 1.87. The number of thiophene rings is 1. The number of carbonyl (C=O) groups excluding carboxylic acids is 2. The second-order valence-corrected chi connectivity index (χ2v) is 8.34. The Morgan fingerprint density at radius 1 is 1.10 bits per heavy atom. The number of hydrogen-bond acceptors (Lipinski definition) is 5. The SMILES string of the molecule is COc1ccc(C(CNC(=O)CCCNC(=O)c2ccsc2)N2CCCCC2)cc1. The van der Waals surface area contributed by atoms with E-state index < -0.39 is 0 Å². The number of piperidine rings is 1. The molecular formula is C23H31N3O3S. The van der Waals surface area contributed by atoms with Crippen molar-refractivity contribution in [2.45, 2.75) is 38.1 Å². The highest BCUT2D eigenvalue weighted by molar-refractivity contribution is 7.08. The van der Waals surface area contributed by atoms with Gasteiger partial charge in [0, 0.05) is 30.5 Å². The maximum Gasteiger partial charge on any atom is 0.252 e. The van der Waals surface area contributed by atoms with Crippen molar-refractivity contribution >= 4 is 23.2 Å². The van der Waals surface area contributed by atoms with Crippen LogP contribution in [0.5, 0.6) is 5.75 Å². The molecule has 162 valence electrons. The molecule has 2 heterocycles. The van der Waals surface area contributed by atoms with E-state index in [4.69, 9.17) is 4.74 Å². The van der Waals surface area contributed by atoms with Crippen molar-refractivity contribution in [2.24, 2.45) is 0 Å². The number of amides is 2. The summed E-state index contributed by atoms with van der Waals surface area (Å²) in [4.78, 5) is 26.8. The van der Waals surface area contributed by atoms with Crippen LogP contribution >= 0.6 is 11.3 Å². The number of likely N-dealkylation sites (tertiary alicyclic amines) is 1. The predicted octanol–water partition coefficient (Wildman–Crippen LogP) is 3.61. The van der Waals surface area contributed by atoms with Gasteiger partial charge in [0.05, 0.1) is 13.2 Å². The van der Waals surface area contributed by atoms with Crippen molar-refractivity contribution < 1.29 is 14.3 Å². The third-order valence-electron chi connectivity index (χ3n) is 5.47. The Labute approximate surface area is 182 Å². The molecule has 2 N–H and O–H groups in total. The summed E-state index contributed by atoms with van der Waals surface area (Å²) in [6.45, 7) is 3.20. The Bertz CT molecular complexity index is 787. The van der Waals surface area contributed by atoms with Crippen molar-refractivity contribution in [1.82, 2.24) is 15.5 Å². The number of benzene rings is 1. The van der Waals surface area contributed by atoms with Crippen LogP contribution in [-0.2, 0) is 4.79 Å². The van der Waals surface area contributed by atoms with E-state index in [1.54, 1.807) is 13.2 Å². The number of hydrogen-bond donors (Lipinski definition) is 2. The van der Waals surface area contributed by atoms with Gasteiger partial charge in [0.15, 0.2) is 0 Å². The first-order valence-electron chi connectivity index (χ1n) is 10.6. The smallest absolute Gasteiger partial charge is 0.252 e. The van der Waals surface area contributed by atoms with E-state index in [0.29, 0.717) is 31.5 Å². The highest BCUT2D eigenvalue weighted by Crippen LogP contribution is 2.25. The minimum Gasteiger partial charge on any atom is -0.497 e. The second kappa shape index (κ2) is 11.7. The van der Waals surface area contributed by atoms with Crippen molar-refractivity contribution in [1.29, 1.82) is 0 Å². The molecule has 0 saturated carbocycles. The normalized spacial score (nSPS) is 15.4. The maximum atomic E-state index is 12.4. The first-order chi connectivity index (χ1) is 14.7. The molecule has 0 spiro atoms. The fourth-order valence-electron chi connectivity index (χ4n) is 3.76. The van der Waals surface area contributed by atoms with E-state index in [2.05, 4.69) is 27.7 Å². The molecule has 30 heavy (non-hydrogen) atoms. The summed E-state index contributed by atoms with van der Waals surface area (Å²) in [6.07, 6.45) is 4.70. The van der Waals surface area contributed by atoms with E-state index >= 15 is 0 Å². The van der Waals surface area contributed by atoms with E-state index in [1.165, 1.54) is 36.2 Å². The molecule has 6 nitrogen and oxygen atoms in total. The van der Waals surface area contributed by atoms with E-state index in [1.807, 2.05) is 22.9 Å². The molecule has 2 amide bonds. The Morgan fingerprint density at radius 3 is 2.53 bits per heavy atom. The topological polar surface area (TPSA) is 70.7 Å². The number of carbonyl (C=O) groups is 2. The zero-order valence-corrected chi connectivity index (χ0v) is 18.4. The lowest BCUT2D eigenvalue weighted by molar-refractivity contribution is -0.121. The molecule has 0 aliphatic carbocycles. The molecule has 1 aliphatic rings. The molecule has 0 radical (unpaired) electrons. The van der Waals surface area contributed by atoms with Crippen LogP contribution in [0.1, 0.15) is 54.1 Å². The van der Waals surface area contributed by atoms with Gasteiger partial charge in [0.1, 0.15) is 5.75 Å². The highest BCUT2D eigenvalue weighted by atomic mass is 32.1. The zero-order valence-electron chi connectivity index (χ0n) is 17.6. The van der Waals surface area contributed by atoms with Gasteiger partial charge in [-0.15, -0.1) is 0 Å². The third-order valence-corrected chi connectivity index (χ3v) is 6.16. The van der Waals surface area contributed by atoms with Gasteiger partial charge in [-0.05, 0) is 61.5 Å². The van der Waals surface area contributed by atoms with Crippen molar-refractivity contribution in [2.75, 3.05) is 33.3 Å². The van der Waals surface area contributed by atoms with Crippen LogP contribution in [0.25, 0.3) is 0 Å². The van der Waals surface area contributed by atoms with Gasteiger partial charge < -0.3 is 15.4 Å². The predicted molar refractivity (Wildman–Crippen MR) is 120 cm³/mol. The van der Waals surface area contributed by atoms with Gasteiger partial charge in [-0.3, -0.25) is 14.5 Å². The Hall–Kier alpha value is -2.38. The average molecular weight is 430 g/mol. The van der Waals surface area contributed by atoms with Crippen LogP contribution in [0.2, 0.25) is 0 Å². The summed E-state index contributed by atoms with van der Waals surface area (Å²) in [5, 5.41) is 9.66. The zero-order chi connectivity index (χ0) is 21.2. The molecule has 1 saturated heterocycles. The lowest BCUT2D eigenvalue weighted by Crippen LogP contribution is -2.40. The first kappa shape index (κ1) is 22.3. The number of methoxy groups -OCH3 is 1. The summed E-state index contributed by atoms with van der Waals surface area (Å²) < 4.78 is 5.28. The van der Waals surface area contributed by atoms with Crippen molar-refractivity contribution in [3.63, 3.8) is 0 Å². The van der Waals surface area contributed by atoms with E-state index in [0.717, 1.165) is 18.8 Å². The van der Waals surface area contributed by atoms with Crippen LogP contribution in [0.3, 0.4) is 0 Å².